The third-order valence-corrected chi connectivity index (χ3v) is 3.51. The standard InChI is InChI=1S/C14H16BrF4NO/c1-9(2)20(8-4-7-15)13(21)10-5-3-6-11(12(10)16)14(17,18)19/h3,5-6,9H,4,7-8H2,1-2H3. The molecule has 1 amide bonds. The van der Waals surface area contributed by atoms with Crippen LogP contribution in [0.3, 0.4) is 0 Å². The number of benzene rings is 1. The summed E-state index contributed by atoms with van der Waals surface area (Å²) in [5.41, 5.74) is -1.97. The Morgan fingerprint density at radius 3 is 2.43 bits per heavy atom. The molecule has 0 saturated heterocycles. The Hall–Kier alpha value is -1.11. The van der Waals surface area contributed by atoms with Gasteiger partial charge in [-0.1, -0.05) is 22.0 Å². The summed E-state index contributed by atoms with van der Waals surface area (Å²) >= 11 is 3.22. The zero-order chi connectivity index (χ0) is 16.2. The second-order valence-electron chi connectivity index (χ2n) is 4.80. The first-order chi connectivity index (χ1) is 9.70. The lowest BCUT2D eigenvalue weighted by Gasteiger charge is -2.27. The van der Waals surface area contributed by atoms with Gasteiger partial charge in [-0.2, -0.15) is 13.2 Å². The number of halogens is 5. The maximum absolute atomic E-state index is 14.0. The maximum atomic E-state index is 14.0. The molecule has 1 aromatic rings. The van der Waals surface area contributed by atoms with E-state index in [9.17, 15) is 22.4 Å². The van der Waals surface area contributed by atoms with Crippen LogP contribution in [0.2, 0.25) is 0 Å². The summed E-state index contributed by atoms with van der Waals surface area (Å²) in [4.78, 5) is 13.7. The van der Waals surface area contributed by atoms with Crippen molar-refractivity contribution in [3.8, 4) is 0 Å². The molecule has 0 spiro atoms. The Morgan fingerprint density at radius 1 is 1.33 bits per heavy atom. The van der Waals surface area contributed by atoms with Crippen molar-refractivity contribution in [1.82, 2.24) is 4.90 Å². The van der Waals surface area contributed by atoms with E-state index in [0.717, 1.165) is 12.1 Å². The predicted molar refractivity (Wildman–Crippen MR) is 76.0 cm³/mol. The van der Waals surface area contributed by atoms with Crippen molar-refractivity contribution < 1.29 is 22.4 Å². The van der Waals surface area contributed by atoms with Gasteiger partial charge < -0.3 is 4.90 Å². The number of nitrogens with zero attached hydrogens (tertiary/aromatic N) is 1. The Bertz CT molecular complexity index is 502. The van der Waals surface area contributed by atoms with Gasteiger partial charge in [-0.25, -0.2) is 4.39 Å². The molecule has 0 radical (unpaired) electrons. The van der Waals surface area contributed by atoms with Crippen molar-refractivity contribution in [1.29, 1.82) is 0 Å². The minimum atomic E-state index is -4.82. The van der Waals surface area contributed by atoms with Gasteiger partial charge in [-0.15, -0.1) is 0 Å². The SMILES string of the molecule is CC(C)N(CCCBr)C(=O)c1cccc(C(F)(F)F)c1F. The first-order valence-electron chi connectivity index (χ1n) is 6.42. The average molecular weight is 370 g/mol. The Labute approximate surface area is 129 Å². The van der Waals surface area contributed by atoms with E-state index >= 15 is 0 Å². The van der Waals surface area contributed by atoms with Gasteiger partial charge in [0.15, 0.2) is 0 Å². The van der Waals surface area contributed by atoms with Crippen LogP contribution in [0, 0.1) is 5.82 Å². The van der Waals surface area contributed by atoms with Gasteiger partial charge in [0.05, 0.1) is 11.1 Å². The van der Waals surface area contributed by atoms with Crippen molar-refractivity contribution in [2.75, 3.05) is 11.9 Å². The molecule has 0 aliphatic carbocycles. The first kappa shape index (κ1) is 17.9. The van der Waals surface area contributed by atoms with Gasteiger partial charge in [0.1, 0.15) is 5.82 Å². The zero-order valence-corrected chi connectivity index (χ0v) is 13.3. The fraction of sp³-hybridized carbons (Fsp3) is 0.500. The van der Waals surface area contributed by atoms with E-state index in [1.807, 2.05) is 0 Å². The maximum Gasteiger partial charge on any atom is 0.419 e. The zero-order valence-electron chi connectivity index (χ0n) is 11.7. The number of hydrogen-bond donors (Lipinski definition) is 0. The van der Waals surface area contributed by atoms with Crippen molar-refractivity contribution in [3.63, 3.8) is 0 Å². The van der Waals surface area contributed by atoms with Gasteiger partial charge in [0.25, 0.3) is 5.91 Å². The molecule has 0 aromatic heterocycles. The minimum Gasteiger partial charge on any atom is -0.336 e. The fourth-order valence-corrected chi connectivity index (χ4v) is 2.15. The van der Waals surface area contributed by atoms with Crippen molar-refractivity contribution in [2.24, 2.45) is 0 Å². The normalized spacial score (nSPS) is 11.8. The van der Waals surface area contributed by atoms with Crippen LogP contribution in [0.4, 0.5) is 17.6 Å². The molecule has 2 nitrogen and oxygen atoms in total. The number of alkyl halides is 4. The summed E-state index contributed by atoms with van der Waals surface area (Å²) < 4.78 is 52.0. The van der Waals surface area contributed by atoms with Crippen LogP contribution in [-0.4, -0.2) is 28.7 Å². The van der Waals surface area contributed by atoms with E-state index in [-0.39, 0.29) is 6.04 Å². The summed E-state index contributed by atoms with van der Waals surface area (Å²) in [6.07, 6.45) is -4.19. The Kier molecular flexibility index (Phi) is 6.19. The van der Waals surface area contributed by atoms with Crippen LogP contribution >= 0.6 is 15.9 Å². The molecular weight excluding hydrogens is 354 g/mol. The van der Waals surface area contributed by atoms with E-state index in [0.29, 0.717) is 24.4 Å². The van der Waals surface area contributed by atoms with E-state index < -0.39 is 29.0 Å². The topological polar surface area (TPSA) is 20.3 Å². The highest BCUT2D eigenvalue weighted by Gasteiger charge is 2.36. The number of carbonyl (C=O) groups excluding carboxylic acids is 1. The molecule has 0 aliphatic heterocycles. The largest absolute Gasteiger partial charge is 0.419 e. The first-order valence-corrected chi connectivity index (χ1v) is 7.55. The molecule has 0 fully saturated rings. The van der Waals surface area contributed by atoms with Crippen LogP contribution < -0.4 is 0 Å². The lowest BCUT2D eigenvalue weighted by Crippen LogP contribution is -2.38. The third-order valence-electron chi connectivity index (χ3n) is 2.95. The van der Waals surface area contributed by atoms with Crippen molar-refractivity contribution in [2.45, 2.75) is 32.5 Å². The van der Waals surface area contributed by atoms with Gasteiger partial charge in [-0.05, 0) is 32.4 Å². The number of amides is 1. The molecule has 0 heterocycles. The Balaban J connectivity index is 3.17. The van der Waals surface area contributed by atoms with E-state index in [1.54, 1.807) is 13.8 Å². The Morgan fingerprint density at radius 2 is 1.95 bits per heavy atom. The lowest BCUT2D eigenvalue weighted by molar-refractivity contribution is -0.140. The second kappa shape index (κ2) is 7.24. The molecule has 0 aliphatic rings. The molecule has 7 heteroatoms. The second-order valence-corrected chi connectivity index (χ2v) is 5.59. The van der Waals surface area contributed by atoms with Gasteiger partial charge in [-0.3, -0.25) is 4.79 Å². The van der Waals surface area contributed by atoms with Crippen LogP contribution in [0.15, 0.2) is 18.2 Å². The van der Waals surface area contributed by atoms with Gasteiger partial charge in [0.2, 0.25) is 0 Å². The molecule has 0 N–H and O–H groups in total. The molecule has 0 atom stereocenters. The smallest absolute Gasteiger partial charge is 0.336 e. The van der Waals surface area contributed by atoms with E-state index in [1.165, 1.54) is 4.90 Å². The van der Waals surface area contributed by atoms with Crippen LogP contribution in [-0.2, 0) is 6.18 Å². The highest BCUT2D eigenvalue weighted by Crippen LogP contribution is 2.32. The van der Waals surface area contributed by atoms with Gasteiger partial charge in [0, 0.05) is 17.9 Å². The monoisotopic (exact) mass is 369 g/mol. The van der Waals surface area contributed by atoms with Gasteiger partial charge >= 0.3 is 6.18 Å². The predicted octanol–water partition coefficient (Wildman–Crippen LogP) is 4.48. The molecular formula is C14H16BrF4NO. The molecule has 1 rings (SSSR count). The number of hydrogen-bond acceptors (Lipinski definition) is 1. The molecule has 0 saturated carbocycles. The van der Waals surface area contributed by atoms with E-state index in [2.05, 4.69) is 15.9 Å². The lowest BCUT2D eigenvalue weighted by atomic mass is 10.1. The molecule has 1 aromatic carbocycles. The van der Waals surface area contributed by atoms with Crippen molar-refractivity contribution >= 4 is 21.8 Å². The summed E-state index contributed by atoms with van der Waals surface area (Å²) in [6.45, 7) is 3.81. The summed E-state index contributed by atoms with van der Waals surface area (Å²) in [5.74, 6) is -2.24. The summed E-state index contributed by atoms with van der Waals surface area (Å²) in [7, 11) is 0. The summed E-state index contributed by atoms with van der Waals surface area (Å²) in [6, 6.07) is 2.52. The third kappa shape index (κ3) is 4.43. The fourth-order valence-electron chi connectivity index (χ4n) is 1.90. The van der Waals surface area contributed by atoms with Crippen LogP contribution in [0.25, 0.3) is 0 Å². The highest BCUT2D eigenvalue weighted by molar-refractivity contribution is 9.09. The molecule has 21 heavy (non-hydrogen) atoms. The molecule has 0 unspecified atom stereocenters. The summed E-state index contributed by atoms with van der Waals surface area (Å²) in [5, 5.41) is 0.647. The number of carbonyl (C=O) groups is 1. The minimum absolute atomic E-state index is 0.231. The molecule has 118 valence electrons. The quantitative estimate of drug-likeness (QED) is 0.553. The average Bonchev–Trinajstić information content (AvgIpc) is 2.37. The number of rotatable bonds is 5. The highest BCUT2D eigenvalue weighted by atomic mass is 79.9. The van der Waals surface area contributed by atoms with Crippen LogP contribution in [0.5, 0.6) is 0 Å². The van der Waals surface area contributed by atoms with Crippen molar-refractivity contribution in [3.05, 3.63) is 35.1 Å². The van der Waals surface area contributed by atoms with E-state index in [4.69, 9.17) is 0 Å². The van der Waals surface area contributed by atoms with Crippen LogP contribution in [0.1, 0.15) is 36.2 Å². The molecule has 0 bridgehead atoms.